The number of rotatable bonds is 33. The maximum absolute atomic E-state index is 13.9. The summed E-state index contributed by atoms with van der Waals surface area (Å²) in [6.45, 7) is 40.9. The number of Topliss-reactive ketones (excluding diaryl/α,β-unsaturated/α-hetero) is 8. The van der Waals surface area contributed by atoms with Crippen molar-refractivity contribution in [2.45, 2.75) is 306 Å². The summed E-state index contributed by atoms with van der Waals surface area (Å²) in [5, 5.41) is 36.2. The van der Waals surface area contributed by atoms with Crippen molar-refractivity contribution in [1.82, 2.24) is 54.2 Å². The van der Waals surface area contributed by atoms with E-state index in [1.165, 1.54) is 68.3 Å². The number of nitriles is 1. The molecule has 0 unspecified atom stereocenters. The summed E-state index contributed by atoms with van der Waals surface area (Å²) >= 11 is 0. The minimum absolute atomic E-state index is 0.0882. The number of allylic oxidation sites excluding steroid dienone is 16. The van der Waals surface area contributed by atoms with Crippen LogP contribution in [0, 0.1) is 24.2 Å². The van der Waals surface area contributed by atoms with E-state index >= 15 is 0 Å². The molecule has 0 bridgehead atoms. The molecule has 8 aromatic rings. The molecule has 26 nitrogen and oxygen atoms in total. The number of ketones is 8. The molecule has 3 saturated carbocycles. The molecule has 0 amide bonds. The van der Waals surface area contributed by atoms with Crippen molar-refractivity contribution in [2.24, 2.45) is 34.1 Å². The van der Waals surface area contributed by atoms with Gasteiger partial charge in [-0.25, -0.2) is 0 Å². The van der Waals surface area contributed by atoms with Gasteiger partial charge in [0.15, 0.2) is 46.3 Å². The van der Waals surface area contributed by atoms with Crippen LogP contribution in [0.3, 0.4) is 0 Å². The summed E-state index contributed by atoms with van der Waals surface area (Å²) in [6.07, 6.45) is 37.3. The quantitative estimate of drug-likeness (QED) is 0.0374. The number of aromatic nitrogens is 8. The van der Waals surface area contributed by atoms with Crippen molar-refractivity contribution in [3.63, 3.8) is 0 Å². The van der Waals surface area contributed by atoms with Gasteiger partial charge >= 0.3 is 0 Å². The smallest absolute Gasteiger partial charge is 0.164 e. The standard InChI is InChI=1S/C33H47N5O2.C31H44N4O2.C29H37N3O3.C27H32N4O3/c1-6-26-28(31(39)13-12-27-23(4)18-22(3)19-32(27)40)20-30-29(21-35-36(30)5)33(26)38(7-2)25-10-8-24(9-11-25)37-16-14-34-15-17-37;1-8-35(24-11-9-23(10-12-24)19-33(5)6)31-22(4)26(17-28-27(31)18-32-34(28)7)29(36)14-13-25-21(3)15-20(2)16-30(25)37;1-5-32(21-10-12-35-13-11-21)29-24-17-30-31(4)25(24)16-23(28(29)20-6-7-20)26(33)9-8-22-19(3)14-18(2)15-27(22)34;1-5-31(19-8-10-34-11-9-19)27-22(15-28)21(14-24-23(27)16-29-30(24)4)25(32)7-6-20-18(3)12-17(2)13-26(20)33/h18,20-21,24-25,34H,6-17,19H2,1-5H3;15,17-18,23-24H,8-14,16,19H2,1-7H3;14,16-17,20-21H,5-13,15H2,1-4H3;12,14,16,19H,5-11,13H2,1-4H3. The number of nitrogens with one attached hydrogen (secondary N) is 1. The number of anilines is 4. The van der Waals surface area contributed by atoms with E-state index in [9.17, 15) is 43.6 Å². The lowest BCUT2D eigenvalue weighted by molar-refractivity contribution is -0.116. The van der Waals surface area contributed by atoms with Crippen LogP contribution in [0.15, 0.2) is 140 Å². The predicted octanol–water partition coefficient (Wildman–Crippen LogP) is 21.7. The van der Waals surface area contributed by atoms with E-state index in [-0.39, 0.29) is 58.7 Å². The second kappa shape index (κ2) is 48.7. The summed E-state index contributed by atoms with van der Waals surface area (Å²) in [7, 11) is 12.0. The first-order valence-electron chi connectivity index (χ1n) is 54.5. The van der Waals surface area contributed by atoms with E-state index in [1.54, 1.807) is 16.9 Å². The first kappa shape index (κ1) is 109. The monoisotopic (exact) mass is 1990 g/mol. The van der Waals surface area contributed by atoms with Gasteiger partial charge in [-0.2, -0.15) is 25.7 Å². The lowest BCUT2D eigenvalue weighted by atomic mass is 9.84. The summed E-state index contributed by atoms with van der Waals surface area (Å²) in [4.78, 5) is 120. The van der Waals surface area contributed by atoms with Gasteiger partial charge < -0.3 is 39.3 Å². The molecule has 0 radical (unpaired) electrons. The number of piperazine rings is 1. The second-order valence-electron chi connectivity index (χ2n) is 43.2. The molecular weight excluding hydrogens is 1830 g/mol. The Morgan fingerprint density at radius 1 is 0.411 bits per heavy atom. The third-order valence-corrected chi connectivity index (χ3v) is 32.9. The van der Waals surface area contributed by atoms with E-state index in [0.29, 0.717) is 132 Å². The fraction of sp³-hybridized carbons (Fsp3) is 0.558. The molecule has 4 aromatic heterocycles. The molecule has 146 heavy (non-hydrogen) atoms. The number of carbonyl (C=O) groups excluding carboxylic acids is 8. The number of ether oxygens (including phenoxy) is 2. The van der Waals surface area contributed by atoms with E-state index in [4.69, 9.17) is 9.47 Å². The number of nitrogens with zero attached hydrogens (tertiary/aromatic N) is 15. The van der Waals surface area contributed by atoms with Crippen LogP contribution < -0.4 is 24.9 Å². The van der Waals surface area contributed by atoms with Crippen LogP contribution in [0.1, 0.15) is 327 Å². The molecule has 4 aromatic carbocycles. The van der Waals surface area contributed by atoms with Crippen LogP contribution in [0.2, 0.25) is 0 Å². The van der Waals surface area contributed by atoms with Crippen molar-refractivity contribution in [1.29, 1.82) is 5.26 Å². The van der Waals surface area contributed by atoms with Crippen molar-refractivity contribution in [3.05, 3.63) is 185 Å². The number of hydrogen-bond acceptors (Lipinski definition) is 22. The summed E-state index contributed by atoms with van der Waals surface area (Å²) in [5.74, 6) is 2.00. The van der Waals surface area contributed by atoms with Crippen LogP contribution in [0.4, 0.5) is 22.7 Å². The Hall–Kier alpha value is -11.5. The Balaban J connectivity index is 0.000000146. The Kier molecular flexibility index (Phi) is 36.2. The predicted molar refractivity (Wildman–Crippen MR) is 587 cm³/mol. The summed E-state index contributed by atoms with van der Waals surface area (Å²) in [6, 6.07) is 12.5. The third kappa shape index (κ3) is 24.2. The zero-order valence-electron chi connectivity index (χ0n) is 91.0. The number of carbonyl (C=O) groups is 8. The molecule has 0 atom stereocenters. The van der Waals surface area contributed by atoms with E-state index in [2.05, 4.69) is 147 Å². The van der Waals surface area contributed by atoms with Crippen molar-refractivity contribution in [2.75, 3.05) is 119 Å². The second-order valence-corrected chi connectivity index (χ2v) is 43.2. The minimum Gasteiger partial charge on any atom is -0.381 e. The highest BCUT2D eigenvalue weighted by Gasteiger charge is 2.40. The van der Waals surface area contributed by atoms with Gasteiger partial charge in [-0.3, -0.25) is 62.0 Å². The largest absolute Gasteiger partial charge is 0.381 e. The van der Waals surface area contributed by atoms with Crippen molar-refractivity contribution < 1.29 is 47.8 Å². The molecular formula is C120H160N16O10. The number of aryl methyl sites for hydroxylation is 4. The molecule has 10 aliphatic rings. The molecule has 26 heteroatoms. The average Bonchev–Trinajstić information content (AvgIpc) is 1.56. The fourth-order valence-electron chi connectivity index (χ4n) is 25.3. The Labute approximate surface area is 865 Å². The van der Waals surface area contributed by atoms with Gasteiger partial charge in [-0.15, -0.1) is 0 Å². The molecule has 6 fully saturated rings. The molecule has 780 valence electrons. The number of fused-ring (bicyclic) bond motifs is 4. The Morgan fingerprint density at radius 3 is 1.12 bits per heavy atom. The van der Waals surface area contributed by atoms with E-state index in [1.807, 2.05) is 128 Å². The van der Waals surface area contributed by atoms with Crippen LogP contribution in [-0.4, -0.2) is 225 Å². The van der Waals surface area contributed by atoms with Crippen LogP contribution in [0.5, 0.6) is 0 Å². The Morgan fingerprint density at radius 2 is 0.740 bits per heavy atom. The van der Waals surface area contributed by atoms with Crippen LogP contribution in [-0.2, 0) is 63.3 Å². The highest BCUT2D eigenvalue weighted by Crippen LogP contribution is 2.51. The highest BCUT2D eigenvalue weighted by molar-refractivity contribution is 6.12. The molecule has 18 rings (SSSR count). The SMILES string of the molecule is CCN(c1c(C#N)c(C(=O)CCC2=C(C)C=C(C)CC2=O)cc2c1cnn2C)C1CCOCC1.CCN(c1c(C)c(C(=O)CCC2=C(C)C=C(C)CC2=O)cc2c1cnn2C)C1CCC(CN(C)C)CC1.CCN(c1c(C2CC2)c(C(=O)CCC2=C(C)C=C(C)CC2=O)cc2c1cnn2C)C1CCOCC1.CCc1c(C(=O)CCC2=C(C)C=C(C)CC2=O)cc2c(cnn2C)c1N(CC)C1CCC(N2CCNCC2)CC1. The summed E-state index contributed by atoms with van der Waals surface area (Å²) in [5.41, 5.74) is 26.2. The number of hydrogen-bond donors (Lipinski definition) is 1. The lowest BCUT2D eigenvalue weighted by Gasteiger charge is -2.43. The van der Waals surface area contributed by atoms with Gasteiger partial charge in [0.05, 0.1) is 75.2 Å². The molecule has 1 N–H and O–H groups in total. The van der Waals surface area contributed by atoms with Gasteiger partial charge in [0.25, 0.3) is 0 Å². The topological polar surface area (TPSA) is 282 Å². The van der Waals surface area contributed by atoms with Gasteiger partial charge in [-0.1, -0.05) is 53.5 Å². The highest BCUT2D eigenvalue weighted by atomic mass is 16.5. The van der Waals surface area contributed by atoms with Crippen molar-refractivity contribution >= 4 is 113 Å². The van der Waals surface area contributed by atoms with Crippen LogP contribution >= 0.6 is 0 Å². The lowest BCUT2D eigenvalue weighted by Crippen LogP contribution is -2.51. The van der Waals surface area contributed by atoms with Crippen molar-refractivity contribution in [3.8, 4) is 6.07 Å². The molecule has 3 aliphatic heterocycles. The first-order valence-corrected chi connectivity index (χ1v) is 54.5. The van der Waals surface area contributed by atoms with E-state index in [0.717, 1.165) is 266 Å². The Bertz CT molecular complexity index is 6600. The average molecular weight is 1990 g/mol. The van der Waals surface area contributed by atoms with Gasteiger partial charge in [-0.05, 0) is 323 Å². The molecule has 7 heterocycles. The zero-order chi connectivity index (χ0) is 104. The summed E-state index contributed by atoms with van der Waals surface area (Å²) < 4.78 is 18.6. The van der Waals surface area contributed by atoms with Gasteiger partial charge in [0.1, 0.15) is 6.07 Å². The fourth-order valence-corrected chi connectivity index (χ4v) is 25.3. The normalized spacial score (nSPS) is 20.1. The maximum Gasteiger partial charge on any atom is 0.164 e. The third-order valence-electron chi connectivity index (χ3n) is 32.9. The molecule has 7 aliphatic carbocycles. The van der Waals surface area contributed by atoms with Gasteiger partial charge in [0.2, 0.25) is 0 Å². The zero-order valence-corrected chi connectivity index (χ0v) is 91.0. The first-order chi connectivity index (χ1) is 70.1. The molecule has 3 saturated heterocycles. The molecule has 0 spiro atoms. The van der Waals surface area contributed by atoms with E-state index < -0.39 is 0 Å². The van der Waals surface area contributed by atoms with Gasteiger partial charge in [0, 0.05) is 239 Å². The van der Waals surface area contributed by atoms with Crippen LogP contribution in [0.25, 0.3) is 43.6 Å². The minimum atomic E-state index is -0.122. The number of benzene rings is 4. The maximum atomic E-state index is 13.9.